The third-order valence-corrected chi connectivity index (χ3v) is 4.50. The van der Waals surface area contributed by atoms with E-state index in [1.165, 1.54) is 4.90 Å². The largest absolute Gasteiger partial charge is 0.437 e. The first kappa shape index (κ1) is 17.2. The number of fused-ring (bicyclic) bond motifs is 1. The highest BCUT2D eigenvalue weighted by Gasteiger charge is 2.21. The van der Waals surface area contributed by atoms with Crippen LogP contribution < -0.4 is 10.2 Å². The number of anilines is 1. The molecular formula is C22H23N4O+. The van der Waals surface area contributed by atoms with E-state index in [1.54, 1.807) is 6.33 Å². The molecule has 2 heterocycles. The Labute approximate surface area is 158 Å². The fourth-order valence-corrected chi connectivity index (χ4v) is 3.17. The van der Waals surface area contributed by atoms with Gasteiger partial charge in [-0.2, -0.15) is 0 Å². The maximum atomic E-state index is 6.21. The van der Waals surface area contributed by atoms with Crippen molar-refractivity contribution in [2.45, 2.75) is 0 Å². The number of furan rings is 1. The number of likely N-dealkylation sites (N-methyl/N-ethyl adjacent to an activating group) is 1. The Morgan fingerprint density at radius 2 is 1.56 bits per heavy atom. The van der Waals surface area contributed by atoms with Gasteiger partial charge >= 0.3 is 0 Å². The molecule has 136 valence electrons. The second-order valence-electron chi connectivity index (χ2n) is 6.82. The number of hydrogen-bond acceptors (Lipinski definition) is 4. The van der Waals surface area contributed by atoms with E-state index in [0.29, 0.717) is 5.71 Å². The van der Waals surface area contributed by atoms with Gasteiger partial charge in [-0.3, -0.25) is 0 Å². The Kier molecular flexibility index (Phi) is 4.85. The van der Waals surface area contributed by atoms with Crippen molar-refractivity contribution in [3.8, 4) is 22.5 Å². The third kappa shape index (κ3) is 3.55. The van der Waals surface area contributed by atoms with Crippen molar-refractivity contribution >= 4 is 16.9 Å². The van der Waals surface area contributed by atoms with Gasteiger partial charge in [0.2, 0.25) is 5.71 Å². The average Bonchev–Trinajstić information content (AvgIpc) is 3.09. The van der Waals surface area contributed by atoms with E-state index in [2.05, 4.69) is 53.6 Å². The second-order valence-corrected chi connectivity index (χ2v) is 6.82. The lowest BCUT2D eigenvalue weighted by Gasteiger charge is -2.10. The monoisotopic (exact) mass is 359 g/mol. The van der Waals surface area contributed by atoms with Crippen LogP contribution in [0.2, 0.25) is 0 Å². The van der Waals surface area contributed by atoms with Crippen LogP contribution in [0, 0.1) is 0 Å². The van der Waals surface area contributed by atoms with Gasteiger partial charge in [-0.05, 0) is 5.56 Å². The van der Waals surface area contributed by atoms with E-state index in [0.717, 1.165) is 46.7 Å². The van der Waals surface area contributed by atoms with E-state index in [4.69, 9.17) is 4.42 Å². The Balaban J connectivity index is 1.91. The van der Waals surface area contributed by atoms with Gasteiger partial charge in [-0.1, -0.05) is 60.7 Å². The third-order valence-electron chi connectivity index (χ3n) is 4.50. The number of nitrogens with one attached hydrogen (secondary N) is 2. The van der Waals surface area contributed by atoms with E-state index < -0.39 is 0 Å². The van der Waals surface area contributed by atoms with Crippen LogP contribution in [0.3, 0.4) is 0 Å². The van der Waals surface area contributed by atoms with Gasteiger partial charge in [-0.15, -0.1) is 0 Å². The lowest BCUT2D eigenvalue weighted by Crippen LogP contribution is -3.06. The molecule has 0 aliphatic rings. The highest BCUT2D eigenvalue weighted by molar-refractivity contribution is 6.05. The Hall–Kier alpha value is -3.18. The molecule has 0 fully saturated rings. The second kappa shape index (κ2) is 7.60. The number of nitrogens with zero attached hydrogens (tertiary/aromatic N) is 2. The van der Waals surface area contributed by atoms with Crippen LogP contribution in [0.25, 0.3) is 33.6 Å². The van der Waals surface area contributed by atoms with E-state index in [-0.39, 0.29) is 0 Å². The summed E-state index contributed by atoms with van der Waals surface area (Å²) >= 11 is 0. The van der Waals surface area contributed by atoms with Crippen LogP contribution in [0.1, 0.15) is 0 Å². The molecule has 27 heavy (non-hydrogen) atoms. The summed E-state index contributed by atoms with van der Waals surface area (Å²) in [5.41, 5.74) is 3.74. The Morgan fingerprint density at radius 1 is 0.889 bits per heavy atom. The molecule has 0 unspecified atom stereocenters. The molecule has 0 bridgehead atoms. The summed E-state index contributed by atoms with van der Waals surface area (Å²) in [6, 6.07) is 20.4. The van der Waals surface area contributed by atoms with Crippen molar-refractivity contribution in [2.75, 3.05) is 32.5 Å². The molecule has 0 saturated heterocycles. The van der Waals surface area contributed by atoms with Gasteiger partial charge in [0.15, 0.2) is 0 Å². The molecule has 0 atom stereocenters. The Morgan fingerprint density at radius 3 is 2.22 bits per heavy atom. The molecule has 0 aliphatic carbocycles. The zero-order valence-electron chi connectivity index (χ0n) is 15.6. The zero-order valence-corrected chi connectivity index (χ0v) is 15.6. The predicted molar refractivity (Wildman–Crippen MR) is 109 cm³/mol. The van der Waals surface area contributed by atoms with Crippen LogP contribution >= 0.6 is 0 Å². The topological polar surface area (TPSA) is 55.4 Å². The summed E-state index contributed by atoms with van der Waals surface area (Å²) in [6.07, 6.45) is 1.56. The normalized spacial score (nSPS) is 11.2. The molecule has 2 N–H and O–H groups in total. The standard InChI is InChI=1S/C22H22N4O/c1-26(2)14-13-23-21-19-18(16-9-5-3-6-10-16)20(17-11-7-4-8-12-17)27-22(19)25-15-24-21/h3-12,15H,13-14H2,1-2H3,(H,23,24,25)/p+1. The number of benzene rings is 2. The average molecular weight is 359 g/mol. The molecular weight excluding hydrogens is 336 g/mol. The molecule has 5 nitrogen and oxygen atoms in total. The van der Waals surface area contributed by atoms with Crippen molar-refractivity contribution < 1.29 is 9.32 Å². The lowest BCUT2D eigenvalue weighted by atomic mass is 9.99. The number of aromatic nitrogens is 2. The molecule has 0 aliphatic heterocycles. The minimum absolute atomic E-state index is 0.599. The summed E-state index contributed by atoms with van der Waals surface area (Å²) < 4.78 is 6.21. The van der Waals surface area contributed by atoms with Gasteiger partial charge in [0.25, 0.3) is 0 Å². The number of rotatable bonds is 6. The SMILES string of the molecule is C[NH+](C)CCNc1ncnc2oc(-c3ccccc3)c(-c3ccccc3)c12. The number of quaternary nitrogens is 1. The van der Waals surface area contributed by atoms with Gasteiger partial charge in [0, 0.05) is 11.1 Å². The van der Waals surface area contributed by atoms with Crippen LogP contribution in [0.15, 0.2) is 71.4 Å². The highest BCUT2D eigenvalue weighted by atomic mass is 16.3. The van der Waals surface area contributed by atoms with Crippen molar-refractivity contribution in [3.05, 3.63) is 67.0 Å². The first-order valence-electron chi connectivity index (χ1n) is 9.15. The van der Waals surface area contributed by atoms with Crippen LogP contribution in [-0.2, 0) is 0 Å². The van der Waals surface area contributed by atoms with Gasteiger partial charge in [-0.25, -0.2) is 9.97 Å². The van der Waals surface area contributed by atoms with Crippen LogP contribution in [0.4, 0.5) is 5.82 Å². The maximum Gasteiger partial charge on any atom is 0.232 e. The lowest BCUT2D eigenvalue weighted by molar-refractivity contribution is -0.856. The van der Waals surface area contributed by atoms with Gasteiger partial charge in [0.1, 0.15) is 17.9 Å². The van der Waals surface area contributed by atoms with Crippen molar-refractivity contribution in [3.63, 3.8) is 0 Å². The fraction of sp³-hybridized carbons (Fsp3) is 0.182. The van der Waals surface area contributed by atoms with E-state index in [1.807, 2.05) is 36.4 Å². The first-order valence-corrected chi connectivity index (χ1v) is 9.15. The van der Waals surface area contributed by atoms with Gasteiger partial charge < -0.3 is 14.6 Å². The molecule has 5 heteroatoms. The molecule has 0 amide bonds. The molecule has 0 spiro atoms. The predicted octanol–water partition coefficient (Wildman–Crippen LogP) is 3.11. The zero-order chi connectivity index (χ0) is 18.6. The summed E-state index contributed by atoms with van der Waals surface area (Å²) in [4.78, 5) is 10.3. The summed E-state index contributed by atoms with van der Waals surface area (Å²) in [6.45, 7) is 1.82. The molecule has 4 rings (SSSR count). The van der Waals surface area contributed by atoms with Crippen LogP contribution in [-0.4, -0.2) is 37.2 Å². The van der Waals surface area contributed by atoms with Crippen molar-refractivity contribution in [1.82, 2.24) is 9.97 Å². The van der Waals surface area contributed by atoms with Crippen LogP contribution in [0.5, 0.6) is 0 Å². The minimum Gasteiger partial charge on any atom is -0.437 e. The van der Waals surface area contributed by atoms with Crippen molar-refractivity contribution in [1.29, 1.82) is 0 Å². The first-order chi connectivity index (χ1) is 13.2. The van der Waals surface area contributed by atoms with E-state index >= 15 is 0 Å². The molecule has 4 aromatic rings. The minimum atomic E-state index is 0.599. The summed E-state index contributed by atoms with van der Waals surface area (Å²) in [5, 5.41) is 4.39. The van der Waals surface area contributed by atoms with Crippen molar-refractivity contribution in [2.24, 2.45) is 0 Å². The number of hydrogen-bond donors (Lipinski definition) is 2. The molecule has 0 saturated carbocycles. The smallest absolute Gasteiger partial charge is 0.232 e. The van der Waals surface area contributed by atoms with E-state index in [9.17, 15) is 0 Å². The Bertz CT molecular complexity index is 1030. The summed E-state index contributed by atoms with van der Waals surface area (Å²) in [5.74, 6) is 1.63. The highest BCUT2D eigenvalue weighted by Crippen LogP contribution is 2.42. The fourth-order valence-electron chi connectivity index (χ4n) is 3.17. The van der Waals surface area contributed by atoms with Gasteiger partial charge in [0.05, 0.1) is 32.6 Å². The quantitative estimate of drug-likeness (QED) is 0.555. The molecule has 0 radical (unpaired) electrons. The molecule has 2 aromatic carbocycles. The summed E-state index contributed by atoms with van der Waals surface area (Å²) in [7, 11) is 4.27. The molecule has 2 aromatic heterocycles. The maximum absolute atomic E-state index is 6.21.